The van der Waals surface area contributed by atoms with Gasteiger partial charge in [-0.3, -0.25) is 0 Å². The molecule has 120 valence electrons. The van der Waals surface area contributed by atoms with Crippen LogP contribution < -0.4 is 10.1 Å². The van der Waals surface area contributed by atoms with Crippen LogP contribution in [0.5, 0.6) is 5.75 Å². The molecule has 0 radical (unpaired) electrons. The average Bonchev–Trinajstić information content (AvgIpc) is 2.48. The quantitative estimate of drug-likeness (QED) is 0.602. The van der Waals surface area contributed by atoms with Crippen LogP contribution in [0.25, 0.3) is 0 Å². The third-order valence-electron chi connectivity index (χ3n) is 2.87. The van der Waals surface area contributed by atoms with Crippen molar-refractivity contribution in [3.8, 4) is 5.75 Å². The molecule has 0 fully saturated rings. The third-order valence-corrected chi connectivity index (χ3v) is 2.87. The van der Waals surface area contributed by atoms with Gasteiger partial charge < -0.3 is 19.5 Å². The molecular formula is C16H26FNO3. The second-order valence-electron chi connectivity index (χ2n) is 4.75. The highest BCUT2D eigenvalue weighted by Gasteiger charge is 2.04. The van der Waals surface area contributed by atoms with E-state index in [9.17, 15) is 4.39 Å². The number of nitrogens with one attached hydrogen (secondary N) is 1. The molecule has 5 heteroatoms. The summed E-state index contributed by atoms with van der Waals surface area (Å²) in [6.45, 7) is 5.81. The van der Waals surface area contributed by atoms with Crippen LogP contribution in [0.1, 0.15) is 25.3 Å². The Morgan fingerprint density at radius 2 is 2.00 bits per heavy atom. The molecule has 0 aliphatic heterocycles. The molecule has 1 aromatic carbocycles. The van der Waals surface area contributed by atoms with Crippen LogP contribution in [0.15, 0.2) is 18.2 Å². The first kappa shape index (κ1) is 17.9. The van der Waals surface area contributed by atoms with Gasteiger partial charge in [0.1, 0.15) is 6.61 Å². The van der Waals surface area contributed by atoms with Gasteiger partial charge in [0, 0.05) is 26.9 Å². The number of benzene rings is 1. The highest BCUT2D eigenvalue weighted by atomic mass is 19.1. The molecule has 0 spiro atoms. The van der Waals surface area contributed by atoms with E-state index < -0.39 is 0 Å². The highest BCUT2D eigenvalue weighted by molar-refractivity contribution is 5.29. The SMILES string of the molecule is CCCNCc1ccc(OCCOCCCOC)c(F)c1. The fourth-order valence-electron chi connectivity index (χ4n) is 1.80. The standard InChI is InChI=1S/C16H26FNO3/c1-3-7-18-13-14-5-6-16(15(17)12-14)21-11-10-20-9-4-8-19-2/h5-6,12,18H,3-4,7-11,13H2,1-2H3. The van der Waals surface area contributed by atoms with Crippen LogP contribution in [-0.4, -0.2) is 40.1 Å². The number of hydrogen-bond acceptors (Lipinski definition) is 4. The first-order valence-electron chi connectivity index (χ1n) is 7.46. The van der Waals surface area contributed by atoms with Crippen LogP contribution >= 0.6 is 0 Å². The summed E-state index contributed by atoms with van der Waals surface area (Å²) in [6.07, 6.45) is 1.92. The largest absolute Gasteiger partial charge is 0.488 e. The summed E-state index contributed by atoms with van der Waals surface area (Å²) in [5, 5.41) is 3.24. The minimum Gasteiger partial charge on any atom is -0.488 e. The van der Waals surface area contributed by atoms with Crippen LogP contribution in [-0.2, 0) is 16.0 Å². The van der Waals surface area contributed by atoms with Gasteiger partial charge in [0.15, 0.2) is 11.6 Å². The van der Waals surface area contributed by atoms with Crippen molar-refractivity contribution < 1.29 is 18.6 Å². The number of hydrogen-bond donors (Lipinski definition) is 1. The number of halogens is 1. The van der Waals surface area contributed by atoms with Crippen molar-refractivity contribution in [3.05, 3.63) is 29.6 Å². The Hall–Kier alpha value is -1.17. The zero-order valence-corrected chi connectivity index (χ0v) is 13.0. The lowest BCUT2D eigenvalue weighted by Gasteiger charge is -2.09. The first-order chi connectivity index (χ1) is 10.3. The molecule has 4 nitrogen and oxygen atoms in total. The normalized spacial score (nSPS) is 10.8. The molecule has 1 N–H and O–H groups in total. The minimum absolute atomic E-state index is 0.273. The van der Waals surface area contributed by atoms with E-state index in [1.165, 1.54) is 6.07 Å². The molecule has 0 heterocycles. The monoisotopic (exact) mass is 299 g/mol. The maximum absolute atomic E-state index is 13.8. The van der Waals surface area contributed by atoms with E-state index in [0.29, 0.717) is 33.0 Å². The molecule has 0 bridgehead atoms. The maximum atomic E-state index is 13.8. The molecular weight excluding hydrogens is 273 g/mol. The van der Waals surface area contributed by atoms with Gasteiger partial charge in [-0.25, -0.2) is 4.39 Å². The summed E-state index contributed by atoms with van der Waals surface area (Å²) < 4.78 is 29.5. The number of ether oxygens (including phenoxy) is 3. The van der Waals surface area contributed by atoms with Crippen LogP contribution in [0.2, 0.25) is 0 Å². The van der Waals surface area contributed by atoms with Crippen molar-refractivity contribution in [1.82, 2.24) is 5.32 Å². The molecule has 0 aliphatic rings. The van der Waals surface area contributed by atoms with Gasteiger partial charge in [-0.2, -0.15) is 0 Å². The molecule has 0 amide bonds. The van der Waals surface area contributed by atoms with Crippen molar-refractivity contribution in [2.75, 3.05) is 40.1 Å². The zero-order valence-electron chi connectivity index (χ0n) is 13.0. The van der Waals surface area contributed by atoms with Crippen LogP contribution in [0, 0.1) is 5.82 Å². The molecule has 0 aliphatic carbocycles. The second-order valence-corrected chi connectivity index (χ2v) is 4.75. The number of rotatable bonds is 12. The molecule has 1 aromatic rings. The molecule has 0 atom stereocenters. The van der Waals surface area contributed by atoms with Crippen molar-refractivity contribution >= 4 is 0 Å². The van der Waals surface area contributed by atoms with E-state index in [4.69, 9.17) is 14.2 Å². The number of methoxy groups -OCH3 is 1. The van der Waals surface area contributed by atoms with Gasteiger partial charge in [0.05, 0.1) is 6.61 Å². The van der Waals surface area contributed by atoms with Crippen molar-refractivity contribution in [3.63, 3.8) is 0 Å². The summed E-state index contributed by atoms with van der Waals surface area (Å²) in [4.78, 5) is 0. The van der Waals surface area contributed by atoms with Crippen molar-refractivity contribution in [2.45, 2.75) is 26.3 Å². The van der Waals surface area contributed by atoms with E-state index in [0.717, 1.165) is 24.9 Å². The van der Waals surface area contributed by atoms with Gasteiger partial charge in [-0.15, -0.1) is 0 Å². The van der Waals surface area contributed by atoms with Gasteiger partial charge in [0.25, 0.3) is 0 Å². The molecule has 21 heavy (non-hydrogen) atoms. The van der Waals surface area contributed by atoms with E-state index >= 15 is 0 Å². The van der Waals surface area contributed by atoms with Crippen LogP contribution in [0.3, 0.4) is 0 Å². The summed E-state index contributed by atoms with van der Waals surface area (Å²) in [5.74, 6) is -0.0556. The van der Waals surface area contributed by atoms with Gasteiger partial charge >= 0.3 is 0 Å². The Balaban J connectivity index is 2.22. The van der Waals surface area contributed by atoms with E-state index in [2.05, 4.69) is 12.2 Å². The molecule has 0 unspecified atom stereocenters. The minimum atomic E-state index is -0.329. The summed E-state index contributed by atoms with van der Waals surface area (Å²) in [5.41, 5.74) is 0.920. The molecule has 0 aromatic heterocycles. The maximum Gasteiger partial charge on any atom is 0.165 e. The van der Waals surface area contributed by atoms with Crippen molar-refractivity contribution in [1.29, 1.82) is 0 Å². The Bertz CT molecular complexity index is 388. The van der Waals surface area contributed by atoms with Crippen molar-refractivity contribution in [2.24, 2.45) is 0 Å². The molecule has 0 saturated carbocycles. The summed E-state index contributed by atoms with van der Waals surface area (Å²) in [7, 11) is 1.66. The molecule has 0 saturated heterocycles. The first-order valence-corrected chi connectivity index (χ1v) is 7.46. The lowest BCUT2D eigenvalue weighted by Crippen LogP contribution is -2.14. The Labute approximate surface area is 126 Å². The fraction of sp³-hybridized carbons (Fsp3) is 0.625. The second kappa shape index (κ2) is 11.5. The van der Waals surface area contributed by atoms with Gasteiger partial charge in [0.2, 0.25) is 0 Å². The lowest BCUT2D eigenvalue weighted by atomic mass is 10.2. The average molecular weight is 299 g/mol. The van der Waals surface area contributed by atoms with E-state index in [1.54, 1.807) is 13.2 Å². The van der Waals surface area contributed by atoms with E-state index in [1.807, 2.05) is 6.07 Å². The van der Waals surface area contributed by atoms with Gasteiger partial charge in [-0.05, 0) is 37.1 Å². The smallest absolute Gasteiger partial charge is 0.165 e. The summed E-state index contributed by atoms with van der Waals surface area (Å²) >= 11 is 0. The fourth-order valence-corrected chi connectivity index (χ4v) is 1.80. The predicted molar refractivity (Wildman–Crippen MR) is 81.2 cm³/mol. The van der Waals surface area contributed by atoms with Crippen LogP contribution in [0.4, 0.5) is 4.39 Å². The predicted octanol–water partition coefficient (Wildman–Crippen LogP) is 2.76. The molecule has 1 rings (SSSR count). The third kappa shape index (κ3) is 7.99. The Kier molecular flexibility index (Phi) is 9.78. The Morgan fingerprint density at radius 1 is 1.14 bits per heavy atom. The lowest BCUT2D eigenvalue weighted by molar-refractivity contribution is 0.0797. The van der Waals surface area contributed by atoms with E-state index in [-0.39, 0.29) is 11.6 Å². The summed E-state index contributed by atoms with van der Waals surface area (Å²) in [6, 6.07) is 5.06. The Morgan fingerprint density at radius 3 is 2.71 bits per heavy atom. The van der Waals surface area contributed by atoms with Gasteiger partial charge in [-0.1, -0.05) is 13.0 Å². The highest BCUT2D eigenvalue weighted by Crippen LogP contribution is 2.18. The zero-order chi connectivity index (χ0) is 15.3. The topological polar surface area (TPSA) is 39.7 Å².